The van der Waals surface area contributed by atoms with E-state index in [0.29, 0.717) is 5.92 Å². The molecule has 2 aromatic rings. The van der Waals surface area contributed by atoms with Gasteiger partial charge in [-0.15, -0.1) is 5.56 Å². The van der Waals surface area contributed by atoms with Crippen molar-refractivity contribution in [3.63, 3.8) is 0 Å². The van der Waals surface area contributed by atoms with Gasteiger partial charge < -0.3 is 24.8 Å². The van der Waals surface area contributed by atoms with Gasteiger partial charge in [0.1, 0.15) is 0 Å². The molecule has 1 atom stereocenters. The number of benzene rings is 2. The van der Waals surface area contributed by atoms with Crippen LogP contribution < -0.4 is 24.8 Å². The van der Waals surface area contributed by atoms with Crippen molar-refractivity contribution in [1.82, 2.24) is 0 Å². The molecule has 0 spiro atoms. The van der Waals surface area contributed by atoms with Crippen LogP contribution in [0.25, 0.3) is 11.1 Å². The van der Waals surface area contributed by atoms with E-state index < -0.39 is 0 Å². The van der Waals surface area contributed by atoms with Crippen LogP contribution in [-0.4, -0.2) is 3.21 Å². The maximum atomic E-state index is 3.30. The Kier molecular flexibility index (Phi) is 12.2. The molecule has 26 heavy (non-hydrogen) atoms. The molecule has 0 radical (unpaired) electrons. The molecule has 0 bridgehead atoms. The first-order chi connectivity index (χ1) is 11.5. The zero-order valence-corrected chi connectivity index (χ0v) is 19.7. The first-order valence-corrected chi connectivity index (χ1v) is 9.58. The van der Waals surface area contributed by atoms with E-state index in [9.17, 15) is 0 Å². The fourth-order valence-electron chi connectivity index (χ4n) is 2.74. The molecule has 3 heteroatoms. The summed E-state index contributed by atoms with van der Waals surface area (Å²) in [5.41, 5.74) is 6.78. The Hall–Kier alpha value is -0.747. The van der Waals surface area contributed by atoms with E-state index in [1.165, 1.54) is 31.0 Å². The normalized spacial score (nSPS) is 14.8. The van der Waals surface area contributed by atoms with E-state index in [-0.39, 0.29) is 24.8 Å². The summed E-state index contributed by atoms with van der Waals surface area (Å²) in [6.45, 7) is 8.45. The second-order valence-electron chi connectivity index (χ2n) is 6.37. The summed E-state index contributed by atoms with van der Waals surface area (Å²) < 4.78 is 1.51. The molecule has 2 aliphatic carbocycles. The quantitative estimate of drug-likeness (QED) is 0.405. The van der Waals surface area contributed by atoms with Crippen molar-refractivity contribution in [3.8, 4) is 11.1 Å². The molecule has 0 aliphatic heterocycles. The fourth-order valence-corrected chi connectivity index (χ4v) is 2.74. The maximum absolute atomic E-state index is 3.30. The van der Waals surface area contributed by atoms with Crippen LogP contribution in [0.3, 0.4) is 0 Å². The van der Waals surface area contributed by atoms with Gasteiger partial charge in [0.2, 0.25) is 0 Å². The van der Waals surface area contributed by atoms with Crippen LogP contribution in [0.15, 0.2) is 60.2 Å². The summed E-state index contributed by atoms with van der Waals surface area (Å²) in [7, 11) is 0. The van der Waals surface area contributed by atoms with Gasteiger partial charge in [-0.25, -0.2) is 11.6 Å². The monoisotopic (exact) mass is 460 g/mol. The molecule has 1 unspecified atom stereocenters. The van der Waals surface area contributed by atoms with Crippen LogP contribution in [0, 0.1) is 18.1 Å². The van der Waals surface area contributed by atoms with E-state index in [2.05, 4.69) is 88.4 Å². The molecular formula is C23H24Cl2Zr-2. The molecular weight excluding hydrogens is 438 g/mol. The van der Waals surface area contributed by atoms with Crippen molar-refractivity contribution in [2.75, 3.05) is 0 Å². The Balaban J connectivity index is 0.000000415. The van der Waals surface area contributed by atoms with Gasteiger partial charge in [0.15, 0.2) is 0 Å². The molecule has 2 aromatic carbocycles. The minimum Gasteiger partial charge on any atom is -1.00 e. The van der Waals surface area contributed by atoms with E-state index >= 15 is 0 Å². The van der Waals surface area contributed by atoms with Gasteiger partial charge in [0.25, 0.3) is 0 Å². The van der Waals surface area contributed by atoms with Crippen molar-refractivity contribution in [2.45, 2.75) is 34.1 Å². The molecule has 0 saturated carbocycles. The number of fused-ring (bicyclic) bond motifs is 3. The largest absolute Gasteiger partial charge is 1.00 e. The van der Waals surface area contributed by atoms with Gasteiger partial charge in [-0.3, -0.25) is 6.08 Å². The molecule has 136 valence electrons. The van der Waals surface area contributed by atoms with E-state index in [0.717, 1.165) is 6.42 Å². The minimum absolute atomic E-state index is 0. The molecule has 2 aliphatic rings. The third-order valence-corrected chi connectivity index (χ3v) is 3.71. The second kappa shape index (κ2) is 12.6. The predicted molar refractivity (Wildman–Crippen MR) is 101 cm³/mol. The van der Waals surface area contributed by atoms with Gasteiger partial charge in [0.05, 0.1) is 0 Å². The maximum Gasteiger partial charge on any atom is -0.0253 e. The van der Waals surface area contributed by atoms with E-state index in [4.69, 9.17) is 0 Å². The minimum atomic E-state index is 0. The topological polar surface area (TPSA) is 0 Å². The van der Waals surface area contributed by atoms with Crippen molar-refractivity contribution >= 4 is 3.21 Å². The third kappa shape index (κ3) is 7.87. The van der Waals surface area contributed by atoms with Crippen LogP contribution in [0.2, 0.25) is 0 Å². The first kappa shape index (κ1) is 25.3. The van der Waals surface area contributed by atoms with Gasteiger partial charge in [-0.2, -0.15) is 35.9 Å². The van der Waals surface area contributed by atoms with E-state index in [1.807, 2.05) is 6.07 Å². The number of rotatable bonds is 0. The number of hydrogen-bond acceptors (Lipinski definition) is 0. The Labute approximate surface area is 185 Å². The Bertz CT molecular complexity index is 728. The molecule has 0 N–H and O–H groups in total. The van der Waals surface area contributed by atoms with Gasteiger partial charge in [-0.1, -0.05) is 55.2 Å². The summed E-state index contributed by atoms with van der Waals surface area (Å²) in [6.07, 6.45) is 8.52. The Morgan fingerprint density at radius 3 is 2.19 bits per heavy atom. The van der Waals surface area contributed by atoms with Crippen LogP contribution >= 0.6 is 0 Å². The zero-order valence-electron chi connectivity index (χ0n) is 15.7. The molecule has 0 heterocycles. The van der Waals surface area contributed by atoms with Crippen molar-refractivity contribution in [2.24, 2.45) is 5.92 Å². The van der Waals surface area contributed by atoms with Crippen molar-refractivity contribution < 1.29 is 49.0 Å². The van der Waals surface area contributed by atoms with Crippen LogP contribution in [0.4, 0.5) is 0 Å². The van der Waals surface area contributed by atoms with E-state index in [1.54, 1.807) is 24.2 Å². The zero-order chi connectivity index (χ0) is 17.5. The Morgan fingerprint density at radius 1 is 1.04 bits per heavy atom. The number of halogens is 2. The van der Waals surface area contributed by atoms with Crippen LogP contribution in [-0.2, 0) is 30.7 Å². The molecule has 0 saturated heterocycles. The smallest absolute Gasteiger partial charge is 0.0253 e. The summed E-state index contributed by atoms with van der Waals surface area (Å²) in [5, 5.41) is 0. The third-order valence-electron chi connectivity index (χ3n) is 3.71. The van der Waals surface area contributed by atoms with Crippen LogP contribution in [0.1, 0.15) is 38.8 Å². The fraction of sp³-hybridized carbons (Fsp3) is 0.261. The Morgan fingerprint density at radius 2 is 1.65 bits per heavy atom. The van der Waals surface area contributed by atoms with Crippen molar-refractivity contribution in [3.05, 3.63) is 83.5 Å². The summed E-state index contributed by atoms with van der Waals surface area (Å²) in [6, 6.07) is 18.1. The van der Waals surface area contributed by atoms with Gasteiger partial charge >= 0.3 is 41.3 Å². The second-order valence-corrected chi connectivity index (χ2v) is 8.83. The first-order valence-electron chi connectivity index (χ1n) is 8.35. The summed E-state index contributed by atoms with van der Waals surface area (Å²) in [4.78, 5) is 0. The summed E-state index contributed by atoms with van der Waals surface area (Å²) in [5.74, 6) is 0.556. The van der Waals surface area contributed by atoms with Gasteiger partial charge in [0, 0.05) is 0 Å². The molecule has 0 nitrogen and oxygen atoms in total. The average Bonchev–Trinajstić information content (AvgIpc) is 3.10. The average molecular weight is 463 g/mol. The van der Waals surface area contributed by atoms with Crippen LogP contribution in [0.5, 0.6) is 0 Å². The standard InChI is InChI=1S/C13H9.C7H9.C3H6.2ClH.Zr/c1-3-7-12-10(5-1)9-11-6-2-4-8-13(11)12;1-6-3-4-7(2)5-6;1-3-2;;;/h1-5,7-8H,9H2;3-4,6H,1-2H3;1-2H3;2*1H;/q2*-1;;;;+2/p-2. The molecule has 0 aromatic heterocycles. The SMILES string of the molecule is CC1=[C-]C(C)C=C1.C[C](C)=[Zr+2].[Cl-].[Cl-].[c-]1cccc2c1Cc1ccccc1-2. The molecule has 4 rings (SSSR count). The summed E-state index contributed by atoms with van der Waals surface area (Å²) >= 11 is 1.55. The van der Waals surface area contributed by atoms with Crippen molar-refractivity contribution in [1.29, 1.82) is 0 Å². The van der Waals surface area contributed by atoms with Gasteiger partial charge in [-0.05, 0) is 6.42 Å². The molecule has 0 fully saturated rings. The number of hydrogen-bond donors (Lipinski definition) is 0. The molecule has 0 amide bonds. The number of allylic oxidation sites excluding steroid dienone is 4. The predicted octanol–water partition coefficient (Wildman–Crippen LogP) is -0.247.